The summed E-state index contributed by atoms with van der Waals surface area (Å²) in [6.07, 6.45) is 3.47. The number of hydrogen-bond acceptors (Lipinski definition) is 5. The highest BCUT2D eigenvalue weighted by Gasteiger charge is 2.06. The van der Waals surface area contributed by atoms with Gasteiger partial charge in [0.15, 0.2) is 6.61 Å². The summed E-state index contributed by atoms with van der Waals surface area (Å²) in [4.78, 5) is 21.6. The van der Waals surface area contributed by atoms with Gasteiger partial charge in [-0.2, -0.15) is 5.10 Å². The van der Waals surface area contributed by atoms with E-state index >= 15 is 0 Å². The van der Waals surface area contributed by atoms with E-state index in [2.05, 4.69) is 10.4 Å². The first-order valence-corrected chi connectivity index (χ1v) is 6.16. The van der Waals surface area contributed by atoms with Crippen LogP contribution in [0.3, 0.4) is 0 Å². The molecule has 0 atom stereocenters. The molecule has 0 saturated carbocycles. The normalized spacial score (nSPS) is 10.1. The summed E-state index contributed by atoms with van der Waals surface area (Å²) in [6, 6.07) is 5.55. The van der Waals surface area contributed by atoms with Gasteiger partial charge in [-0.15, -0.1) is 0 Å². The number of benzene rings is 1. The second-order valence-electron chi connectivity index (χ2n) is 4.34. The molecule has 1 aromatic heterocycles. The smallest absolute Gasteiger partial charge is 0.269 e. The highest BCUT2D eigenvalue weighted by molar-refractivity contribution is 5.77. The lowest BCUT2D eigenvalue weighted by Gasteiger charge is -2.06. The Kier molecular flexibility index (Phi) is 4.50. The number of non-ortho nitro benzene ring substituents is 1. The first-order chi connectivity index (χ1) is 10.0. The molecule has 8 heteroatoms. The van der Waals surface area contributed by atoms with Gasteiger partial charge in [-0.3, -0.25) is 19.6 Å². The number of amides is 1. The molecule has 0 unspecified atom stereocenters. The monoisotopic (exact) mass is 290 g/mol. The zero-order chi connectivity index (χ0) is 15.2. The third-order valence-electron chi connectivity index (χ3n) is 2.67. The molecule has 1 amide bonds. The van der Waals surface area contributed by atoms with Crippen LogP contribution in [0.5, 0.6) is 5.75 Å². The van der Waals surface area contributed by atoms with E-state index in [0.29, 0.717) is 12.3 Å². The molecule has 8 nitrogen and oxygen atoms in total. The standard InChI is InChI=1S/C13H14N4O4/c1-16-8-10(7-15-16)6-14-13(18)9-21-12-4-2-11(3-5-12)17(19)20/h2-5,7-8H,6,9H2,1H3,(H,14,18). The van der Waals surface area contributed by atoms with Gasteiger partial charge in [-0.05, 0) is 12.1 Å². The molecular formula is C13H14N4O4. The van der Waals surface area contributed by atoms with Crippen LogP contribution in [0.25, 0.3) is 0 Å². The van der Waals surface area contributed by atoms with E-state index < -0.39 is 4.92 Å². The maximum absolute atomic E-state index is 11.6. The van der Waals surface area contributed by atoms with Crippen molar-refractivity contribution in [1.29, 1.82) is 0 Å². The van der Waals surface area contributed by atoms with Gasteiger partial charge in [0.05, 0.1) is 11.1 Å². The summed E-state index contributed by atoms with van der Waals surface area (Å²) in [6.45, 7) is 0.217. The van der Waals surface area contributed by atoms with Crippen LogP contribution in [0, 0.1) is 10.1 Å². The largest absolute Gasteiger partial charge is 0.484 e. The Bertz CT molecular complexity index is 636. The Morgan fingerprint density at radius 3 is 2.71 bits per heavy atom. The summed E-state index contributed by atoms with van der Waals surface area (Å²) in [5.41, 5.74) is 0.865. The van der Waals surface area contributed by atoms with Crippen LogP contribution >= 0.6 is 0 Å². The number of hydrogen-bond donors (Lipinski definition) is 1. The molecule has 2 aromatic rings. The molecule has 0 fully saturated rings. The number of ether oxygens (including phenoxy) is 1. The fraction of sp³-hybridized carbons (Fsp3) is 0.231. The Morgan fingerprint density at radius 2 is 2.14 bits per heavy atom. The lowest BCUT2D eigenvalue weighted by Crippen LogP contribution is -2.28. The van der Waals surface area contributed by atoms with E-state index in [4.69, 9.17) is 4.74 Å². The van der Waals surface area contributed by atoms with Crippen LogP contribution in [-0.2, 0) is 18.4 Å². The molecule has 0 bridgehead atoms. The van der Waals surface area contributed by atoms with Crippen LogP contribution in [0.1, 0.15) is 5.56 Å². The first kappa shape index (κ1) is 14.5. The summed E-state index contributed by atoms with van der Waals surface area (Å²) >= 11 is 0. The zero-order valence-electron chi connectivity index (χ0n) is 11.4. The lowest BCUT2D eigenvalue weighted by molar-refractivity contribution is -0.384. The Morgan fingerprint density at radius 1 is 1.43 bits per heavy atom. The van der Waals surface area contributed by atoms with Crippen molar-refractivity contribution in [2.45, 2.75) is 6.54 Å². The Hall–Kier alpha value is -2.90. The minimum atomic E-state index is -0.496. The minimum absolute atomic E-state index is 0.0246. The van der Waals surface area contributed by atoms with Gasteiger partial charge in [0.1, 0.15) is 5.75 Å². The van der Waals surface area contributed by atoms with Crippen LogP contribution in [0.4, 0.5) is 5.69 Å². The molecule has 0 aliphatic heterocycles. The predicted molar refractivity (Wildman–Crippen MR) is 73.6 cm³/mol. The fourth-order valence-electron chi connectivity index (χ4n) is 1.63. The lowest BCUT2D eigenvalue weighted by atomic mass is 10.3. The van der Waals surface area contributed by atoms with E-state index in [1.54, 1.807) is 24.1 Å². The van der Waals surface area contributed by atoms with Crippen molar-refractivity contribution in [2.24, 2.45) is 7.05 Å². The molecule has 0 aliphatic carbocycles. The van der Waals surface area contributed by atoms with Gasteiger partial charge in [-0.1, -0.05) is 0 Å². The summed E-state index contributed by atoms with van der Waals surface area (Å²) < 4.78 is 6.89. The number of aryl methyl sites for hydroxylation is 1. The second-order valence-corrected chi connectivity index (χ2v) is 4.34. The van der Waals surface area contributed by atoms with Gasteiger partial charge in [0.25, 0.3) is 11.6 Å². The number of carbonyl (C=O) groups is 1. The first-order valence-electron chi connectivity index (χ1n) is 6.16. The van der Waals surface area contributed by atoms with Gasteiger partial charge in [-0.25, -0.2) is 0 Å². The average Bonchev–Trinajstić information content (AvgIpc) is 2.89. The number of nitrogens with one attached hydrogen (secondary N) is 1. The molecule has 1 aromatic carbocycles. The van der Waals surface area contributed by atoms with Crippen molar-refractivity contribution in [2.75, 3.05) is 6.61 Å². The van der Waals surface area contributed by atoms with Crippen molar-refractivity contribution < 1.29 is 14.5 Å². The van der Waals surface area contributed by atoms with E-state index in [0.717, 1.165) is 5.56 Å². The SMILES string of the molecule is Cn1cc(CNC(=O)COc2ccc([N+](=O)[O-])cc2)cn1. The third-order valence-corrected chi connectivity index (χ3v) is 2.67. The third kappa shape index (κ3) is 4.30. The van der Waals surface area contributed by atoms with Gasteiger partial charge < -0.3 is 10.1 Å². The topological polar surface area (TPSA) is 99.3 Å². The molecule has 110 valence electrons. The van der Waals surface area contributed by atoms with Gasteiger partial charge in [0.2, 0.25) is 0 Å². The van der Waals surface area contributed by atoms with E-state index in [1.165, 1.54) is 24.3 Å². The van der Waals surface area contributed by atoms with Crippen molar-refractivity contribution in [1.82, 2.24) is 15.1 Å². The zero-order valence-corrected chi connectivity index (χ0v) is 11.4. The predicted octanol–water partition coefficient (Wildman–Crippen LogP) is 1.02. The van der Waals surface area contributed by atoms with Crippen LogP contribution < -0.4 is 10.1 Å². The molecule has 0 spiro atoms. The molecule has 1 N–H and O–H groups in total. The number of nitro groups is 1. The van der Waals surface area contributed by atoms with Gasteiger partial charge in [0, 0.05) is 37.5 Å². The van der Waals surface area contributed by atoms with Crippen LogP contribution in [0.2, 0.25) is 0 Å². The van der Waals surface area contributed by atoms with Gasteiger partial charge >= 0.3 is 0 Å². The summed E-state index contributed by atoms with van der Waals surface area (Å²) in [5, 5.41) is 17.2. The fourth-order valence-corrected chi connectivity index (χ4v) is 1.63. The summed E-state index contributed by atoms with van der Waals surface area (Å²) in [7, 11) is 1.79. The maximum Gasteiger partial charge on any atom is 0.269 e. The number of rotatable bonds is 6. The quantitative estimate of drug-likeness (QED) is 0.632. The minimum Gasteiger partial charge on any atom is -0.484 e. The van der Waals surface area contributed by atoms with E-state index in [1.807, 2.05) is 0 Å². The molecular weight excluding hydrogens is 276 g/mol. The van der Waals surface area contributed by atoms with Crippen molar-refractivity contribution >= 4 is 11.6 Å². The van der Waals surface area contributed by atoms with E-state index in [9.17, 15) is 14.9 Å². The Balaban J connectivity index is 1.77. The van der Waals surface area contributed by atoms with Crippen LogP contribution in [0.15, 0.2) is 36.7 Å². The number of carbonyl (C=O) groups excluding carboxylic acids is 1. The number of nitrogens with zero attached hydrogens (tertiary/aromatic N) is 3. The summed E-state index contributed by atoms with van der Waals surface area (Å²) in [5.74, 6) is 0.120. The van der Waals surface area contributed by atoms with Crippen molar-refractivity contribution in [3.63, 3.8) is 0 Å². The highest BCUT2D eigenvalue weighted by Crippen LogP contribution is 2.16. The highest BCUT2D eigenvalue weighted by atomic mass is 16.6. The molecule has 21 heavy (non-hydrogen) atoms. The van der Waals surface area contributed by atoms with Crippen molar-refractivity contribution in [3.8, 4) is 5.75 Å². The van der Waals surface area contributed by atoms with Crippen LogP contribution in [-0.4, -0.2) is 27.2 Å². The molecule has 2 rings (SSSR count). The van der Waals surface area contributed by atoms with E-state index in [-0.39, 0.29) is 18.2 Å². The molecule has 0 radical (unpaired) electrons. The molecule has 1 heterocycles. The number of aromatic nitrogens is 2. The van der Waals surface area contributed by atoms with Crippen molar-refractivity contribution in [3.05, 3.63) is 52.3 Å². The average molecular weight is 290 g/mol. The molecule has 0 aliphatic rings. The number of nitro benzene ring substituents is 1. The molecule has 0 saturated heterocycles. The Labute approximate surface area is 120 Å². The second kappa shape index (κ2) is 6.51. The maximum atomic E-state index is 11.6.